The van der Waals surface area contributed by atoms with Crippen LogP contribution >= 0.6 is 0 Å². The molecular formula is C14H12N2O2. The number of aromatic nitrogens is 1. The minimum atomic E-state index is -0.115. The standard InChI is InChI=1S/C14H12N2O2/c1-15-14(18)11-4-2-10(3-5-11)12-6-7-13(9-17)16-8-12/h2-9H,1H3,(H,15,18). The summed E-state index contributed by atoms with van der Waals surface area (Å²) in [5.74, 6) is -0.115. The van der Waals surface area contributed by atoms with E-state index in [1.165, 1.54) is 0 Å². The second kappa shape index (κ2) is 5.23. The number of carbonyl (C=O) groups is 2. The number of aldehydes is 1. The average Bonchev–Trinajstić information content (AvgIpc) is 2.47. The molecule has 0 spiro atoms. The number of benzene rings is 1. The number of hydrogen-bond donors (Lipinski definition) is 1. The first-order chi connectivity index (χ1) is 8.74. The first kappa shape index (κ1) is 12.0. The zero-order chi connectivity index (χ0) is 13.0. The second-order valence-corrected chi connectivity index (χ2v) is 3.75. The van der Waals surface area contributed by atoms with Crippen molar-refractivity contribution in [2.75, 3.05) is 7.05 Å². The third-order valence-corrected chi connectivity index (χ3v) is 2.61. The quantitative estimate of drug-likeness (QED) is 0.834. The molecule has 2 aromatic rings. The molecule has 4 heteroatoms. The van der Waals surface area contributed by atoms with E-state index in [9.17, 15) is 9.59 Å². The first-order valence-electron chi connectivity index (χ1n) is 5.48. The Hall–Kier alpha value is -2.49. The third-order valence-electron chi connectivity index (χ3n) is 2.61. The molecule has 18 heavy (non-hydrogen) atoms. The van der Waals surface area contributed by atoms with Gasteiger partial charge in [-0.25, -0.2) is 0 Å². The van der Waals surface area contributed by atoms with Gasteiger partial charge in [0, 0.05) is 24.4 Å². The van der Waals surface area contributed by atoms with Crippen LogP contribution in [-0.2, 0) is 0 Å². The predicted octanol–water partition coefficient (Wildman–Crippen LogP) is 1.92. The van der Waals surface area contributed by atoms with Gasteiger partial charge >= 0.3 is 0 Å². The van der Waals surface area contributed by atoms with Gasteiger partial charge in [0.15, 0.2) is 6.29 Å². The maximum Gasteiger partial charge on any atom is 0.251 e. The number of amides is 1. The van der Waals surface area contributed by atoms with Crippen LogP contribution in [0.4, 0.5) is 0 Å². The molecule has 0 saturated carbocycles. The van der Waals surface area contributed by atoms with E-state index >= 15 is 0 Å². The van der Waals surface area contributed by atoms with E-state index in [1.807, 2.05) is 18.2 Å². The van der Waals surface area contributed by atoms with Crippen molar-refractivity contribution in [3.8, 4) is 11.1 Å². The topological polar surface area (TPSA) is 59.1 Å². The van der Waals surface area contributed by atoms with Crippen LogP contribution in [0.3, 0.4) is 0 Å². The zero-order valence-electron chi connectivity index (χ0n) is 9.88. The van der Waals surface area contributed by atoms with Crippen molar-refractivity contribution in [3.05, 3.63) is 53.9 Å². The number of hydrogen-bond acceptors (Lipinski definition) is 3. The summed E-state index contributed by atoms with van der Waals surface area (Å²) in [5.41, 5.74) is 2.87. The SMILES string of the molecule is CNC(=O)c1ccc(-c2ccc(C=O)nc2)cc1. The van der Waals surface area contributed by atoms with Crippen LogP contribution in [0.1, 0.15) is 20.8 Å². The molecule has 0 fully saturated rings. The summed E-state index contributed by atoms with van der Waals surface area (Å²) < 4.78 is 0. The highest BCUT2D eigenvalue weighted by Gasteiger charge is 2.03. The molecule has 90 valence electrons. The van der Waals surface area contributed by atoms with Gasteiger partial charge in [0.2, 0.25) is 0 Å². The Balaban J connectivity index is 2.28. The van der Waals surface area contributed by atoms with Crippen LogP contribution < -0.4 is 5.32 Å². The molecule has 0 aliphatic carbocycles. The third kappa shape index (κ3) is 2.43. The Kier molecular flexibility index (Phi) is 3.48. The smallest absolute Gasteiger partial charge is 0.251 e. The van der Waals surface area contributed by atoms with Crippen molar-refractivity contribution in [3.63, 3.8) is 0 Å². The van der Waals surface area contributed by atoms with Crippen LogP contribution in [0.25, 0.3) is 11.1 Å². The molecule has 0 bridgehead atoms. The molecule has 1 N–H and O–H groups in total. The van der Waals surface area contributed by atoms with E-state index < -0.39 is 0 Å². The Bertz CT molecular complexity index is 559. The van der Waals surface area contributed by atoms with E-state index in [0.717, 1.165) is 11.1 Å². The number of carbonyl (C=O) groups excluding carboxylic acids is 2. The van der Waals surface area contributed by atoms with Gasteiger partial charge in [-0.05, 0) is 23.8 Å². The van der Waals surface area contributed by atoms with Gasteiger partial charge in [0.25, 0.3) is 5.91 Å². The molecule has 0 saturated heterocycles. The lowest BCUT2D eigenvalue weighted by molar-refractivity contribution is 0.0962. The summed E-state index contributed by atoms with van der Waals surface area (Å²) in [5, 5.41) is 2.57. The van der Waals surface area contributed by atoms with Crippen molar-refractivity contribution in [1.29, 1.82) is 0 Å². The van der Waals surface area contributed by atoms with Gasteiger partial charge in [-0.15, -0.1) is 0 Å². The van der Waals surface area contributed by atoms with E-state index in [1.54, 1.807) is 31.4 Å². The molecule has 1 aromatic carbocycles. The molecule has 0 aliphatic rings. The Morgan fingerprint density at radius 2 is 1.78 bits per heavy atom. The van der Waals surface area contributed by atoms with Crippen molar-refractivity contribution < 1.29 is 9.59 Å². The monoisotopic (exact) mass is 240 g/mol. The number of pyridine rings is 1. The summed E-state index contributed by atoms with van der Waals surface area (Å²) in [4.78, 5) is 25.9. The van der Waals surface area contributed by atoms with Crippen molar-refractivity contribution in [2.45, 2.75) is 0 Å². The maximum atomic E-state index is 11.4. The molecule has 0 radical (unpaired) electrons. The van der Waals surface area contributed by atoms with Crippen molar-refractivity contribution >= 4 is 12.2 Å². The van der Waals surface area contributed by atoms with Gasteiger partial charge in [-0.3, -0.25) is 14.6 Å². The Morgan fingerprint density at radius 3 is 2.28 bits per heavy atom. The lowest BCUT2D eigenvalue weighted by Gasteiger charge is -2.03. The second-order valence-electron chi connectivity index (χ2n) is 3.75. The highest BCUT2D eigenvalue weighted by atomic mass is 16.1. The number of nitrogens with zero attached hydrogens (tertiary/aromatic N) is 1. The van der Waals surface area contributed by atoms with Gasteiger partial charge in [0.1, 0.15) is 5.69 Å². The summed E-state index contributed by atoms with van der Waals surface area (Å²) in [7, 11) is 1.60. The zero-order valence-corrected chi connectivity index (χ0v) is 9.88. The fourth-order valence-corrected chi connectivity index (χ4v) is 1.60. The van der Waals surface area contributed by atoms with Crippen molar-refractivity contribution in [1.82, 2.24) is 10.3 Å². The number of rotatable bonds is 3. The predicted molar refractivity (Wildman–Crippen MR) is 68.5 cm³/mol. The molecule has 0 aliphatic heterocycles. The highest BCUT2D eigenvalue weighted by molar-refractivity contribution is 5.94. The van der Waals surface area contributed by atoms with Gasteiger partial charge in [-0.2, -0.15) is 0 Å². The fraction of sp³-hybridized carbons (Fsp3) is 0.0714. The molecule has 0 atom stereocenters. The largest absolute Gasteiger partial charge is 0.355 e. The van der Waals surface area contributed by atoms with Crippen LogP contribution in [0.5, 0.6) is 0 Å². The van der Waals surface area contributed by atoms with Crippen molar-refractivity contribution in [2.24, 2.45) is 0 Å². The van der Waals surface area contributed by atoms with Crippen LogP contribution in [0, 0.1) is 0 Å². The van der Waals surface area contributed by atoms with Crippen LogP contribution in [0.2, 0.25) is 0 Å². The average molecular weight is 240 g/mol. The Labute approximate surface area is 105 Å². The van der Waals surface area contributed by atoms with E-state index in [-0.39, 0.29) is 5.91 Å². The lowest BCUT2D eigenvalue weighted by atomic mass is 10.1. The van der Waals surface area contributed by atoms with Crippen LogP contribution in [0.15, 0.2) is 42.6 Å². The molecule has 1 aromatic heterocycles. The van der Waals surface area contributed by atoms with E-state index in [2.05, 4.69) is 10.3 Å². The minimum Gasteiger partial charge on any atom is -0.355 e. The summed E-state index contributed by atoms with van der Waals surface area (Å²) in [6.45, 7) is 0. The minimum absolute atomic E-state index is 0.115. The van der Waals surface area contributed by atoms with Crippen LogP contribution in [-0.4, -0.2) is 24.2 Å². The molecule has 1 heterocycles. The van der Waals surface area contributed by atoms with E-state index in [4.69, 9.17) is 0 Å². The Morgan fingerprint density at radius 1 is 1.11 bits per heavy atom. The fourth-order valence-electron chi connectivity index (χ4n) is 1.60. The molecular weight excluding hydrogens is 228 g/mol. The van der Waals surface area contributed by atoms with Gasteiger partial charge in [0.05, 0.1) is 0 Å². The first-order valence-corrected chi connectivity index (χ1v) is 5.48. The molecule has 2 rings (SSSR count). The normalized spacial score (nSPS) is 9.83. The molecule has 1 amide bonds. The van der Waals surface area contributed by atoms with Gasteiger partial charge < -0.3 is 5.32 Å². The van der Waals surface area contributed by atoms with Gasteiger partial charge in [-0.1, -0.05) is 18.2 Å². The van der Waals surface area contributed by atoms with E-state index in [0.29, 0.717) is 17.5 Å². The summed E-state index contributed by atoms with van der Waals surface area (Å²) >= 11 is 0. The molecule has 4 nitrogen and oxygen atoms in total. The summed E-state index contributed by atoms with van der Waals surface area (Å²) in [6.07, 6.45) is 2.34. The number of nitrogens with one attached hydrogen (secondary N) is 1. The lowest BCUT2D eigenvalue weighted by Crippen LogP contribution is -2.17. The highest BCUT2D eigenvalue weighted by Crippen LogP contribution is 2.18. The summed E-state index contributed by atoms with van der Waals surface area (Å²) in [6, 6.07) is 10.7. The maximum absolute atomic E-state index is 11.4. The molecule has 0 unspecified atom stereocenters.